The number of rotatable bonds is 9. The largest absolute Gasteiger partial charge is 0.573 e. The highest BCUT2D eigenvalue weighted by Gasteiger charge is 2.31. The van der Waals surface area contributed by atoms with E-state index in [0.29, 0.717) is 12.0 Å². The van der Waals surface area contributed by atoms with Gasteiger partial charge in [0.15, 0.2) is 11.6 Å². The van der Waals surface area contributed by atoms with Crippen molar-refractivity contribution in [3.63, 3.8) is 0 Å². The van der Waals surface area contributed by atoms with E-state index in [2.05, 4.69) is 19.6 Å². The first-order valence-electron chi connectivity index (χ1n) is 13.1. The van der Waals surface area contributed by atoms with Gasteiger partial charge in [-0.3, -0.25) is 4.79 Å². The van der Waals surface area contributed by atoms with Crippen molar-refractivity contribution in [2.75, 3.05) is 13.7 Å². The number of benzene rings is 3. The van der Waals surface area contributed by atoms with Gasteiger partial charge in [0.05, 0.1) is 36.5 Å². The number of aryl methyl sites for hydroxylation is 1. The van der Waals surface area contributed by atoms with E-state index in [0.717, 1.165) is 35.1 Å². The lowest BCUT2D eigenvalue weighted by molar-refractivity contribution is -0.274. The molecule has 11 heteroatoms. The van der Waals surface area contributed by atoms with Crippen LogP contribution in [0.3, 0.4) is 0 Å². The van der Waals surface area contributed by atoms with Crippen LogP contribution in [0.1, 0.15) is 22.8 Å². The van der Waals surface area contributed by atoms with Crippen molar-refractivity contribution >= 4 is 27.7 Å². The van der Waals surface area contributed by atoms with Crippen molar-refractivity contribution in [2.24, 2.45) is 0 Å². The van der Waals surface area contributed by atoms with Gasteiger partial charge in [-0.05, 0) is 67.4 Å². The fraction of sp³-hybridized carbons (Fsp3) is 0.226. The van der Waals surface area contributed by atoms with Crippen LogP contribution in [0.2, 0.25) is 0 Å². The summed E-state index contributed by atoms with van der Waals surface area (Å²) in [5.74, 6) is -1.81. The molecular formula is C31H27F4N3O4. The van der Waals surface area contributed by atoms with Gasteiger partial charge in [0.1, 0.15) is 5.75 Å². The van der Waals surface area contributed by atoms with Gasteiger partial charge in [-0.15, -0.1) is 13.2 Å². The van der Waals surface area contributed by atoms with Gasteiger partial charge in [-0.2, -0.15) is 0 Å². The molecule has 0 saturated carbocycles. The Labute approximate surface area is 238 Å². The number of aromatic nitrogens is 2. The summed E-state index contributed by atoms with van der Waals surface area (Å²) in [6.07, 6.45) is -2.67. The number of ether oxygens (including phenoxy) is 2. The second-order valence-electron chi connectivity index (χ2n) is 9.65. The van der Waals surface area contributed by atoms with E-state index in [9.17, 15) is 27.5 Å². The lowest BCUT2D eigenvalue weighted by atomic mass is 10.0. The molecule has 218 valence electrons. The molecule has 0 spiro atoms. The molecule has 5 aromatic rings. The maximum absolute atomic E-state index is 14.5. The number of nitrogens with zero attached hydrogens (tertiary/aromatic N) is 2. The molecular weight excluding hydrogens is 554 g/mol. The zero-order valence-corrected chi connectivity index (χ0v) is 22.7. The molecule has 0 unspecified atom stereocenters. The maximum atomic E-state index is 14.5. The van der Waals surface area contributed by atoms with Crippen molar-refractivity contribution in [2.45, 2.75) is 32.3 Å². The number of aliphatic hydroxyl groups excluding tert-OH is 1. The third-order valence-electron chi connectivity index (χ3n) is 6.94. The molecule has 1 atom stereocenters. The van der Waals surface area contributed by atoms with Gasteiger partial charge in [0.2, 0.25) is 0 Å². The Bertz CT molecular complexity index is 1770. The van der Waals surface area contributed by atoms with Crippen LogP contribution in [-0.2, 0) is 13.0 Å². The lowest BCUT2D eigenvalue weighted by Gasteiger charge is -2.18. The van der Waals surface area contributed by atoms with Crippen molar-refractivity contribution in [1.29, 1.82) is 0 Å². The topological polar surface area (TPSA) is 85.6 Å². The predicted octanol–water partition coefficient (Wildman–Crippen LogP) is 6.26. The van der Waals surface area contributed by atoms with E-state index < -0.39 is 29.9 Å². The highest BCUT2D eigenvalue weighted by Crippen LogP contribution is 2.32. The Hall–Kier alpha value is -4.64. The fourth-order valence-electron chi connectivity index (χ4n) is 5.00. The monoisotopic (exact) mass is 581 g/mol. The van der Waals surface area contributed by atoms with E-state index in [1.54, 1.807) is 6.07 Å². The van der Waals surface area contributed by atoms with Crippen LogP contribution in [0.4, 0.5) is 17.6 Å². The lowest BCUT2D eigenvalue weighted by Crippen LogP contribution is -2.39. The number of hydrogen-bond donors (Lipinski definition) is 2. The first-order chi connectivity index (χ1) is 20.1. The van der Waals surface area contributed by atoms with Crippen LogP contribution in [0.25, 0.3) is 33.1 Å². The Morgan fingerprint density at radius 1 is 1.07 bits per heavy atom. The summed E-state index contributed by atoms with van der Waals surface area (Å²) < 4.78 is 64.5. The molecule has 1 amide bonds. The number of halogens is 4. The Balaban J connectivity index is 1.54. The van der Waals surface area contributed by atoms with Crippen molar-refractivity contribution < 1.29 is 36.9 Å². The molecule has 0 aliphatic carbocycles. The number of carbonyl (C=O) groups excluding carboxylic acids is 1. The average molecular weight is 582 g/mol. The second kappa shape index (κ2) is 11.7. The minimum atomic E-state index is -4.94. The molecule has 5 rings (SSSR count). The molecule has 0 bridgehead atoms. The molecule has 0 radical (unpaired) electrons. The number of para-hydroxylation sites is 1. The Kier molecular flexibility index (Phi) is 8.04. The van der Waals surface area contributed by atoms with Gasteiger partial charge in [0, 0.05) is 34.6 Å². The number of aliphatic hydroxyl groups is 1. The van der Waals surface area contributed by atoms with Gasteiger partial charge in [-0.1, -0.05) is 18.2 Å². The predicted molar refractivity (Wildman–Crippen MR) is 150 cm³/mol. The van der Waals surface area contributed by atoms with Gasteiger partial charge < -0.3 is 24.5 Å². The number of hydrogen-bond acceptors (Lipinski definition) is 5. The number of fused-ring (bicyclic) bond motifs is 2. The van der Waals surface area contributed by atoms with E-state index in [-0.39, 0.29) is 34.5 Å². The third kappa shape index (κ3) is 6.01. The summed E-state index contributed by atoms with van der Waals surface area (Å²) in [4.78, 5) is 18.1. The summed E-state index contributed by atoms with van der Waals surface area (Å²) in [7, 11) is 1.33. The molecule has 2 N–H and O–H groups in total. The Morgan fingerprint density at radius 2 is 1.86 bits per heavy atom. The smallest absolute Gasteiger partial charge is 0.494 e. The normalized spacial score (nSPS) is 12.5. The fourth-order valence-corrected chi connectivity index (χ4v) is 5.00. The molecule has 0 saturated heterocycles. The molecule has 0 aliphatic heterocycles. The van der Waals surface area contributed by atoms with E-state index in [1.807, 2.05) is 37.4 Å². The van der Waals surface area contributed by atoms with Crippen LogP contribution in [0.15, 0.2) is 72.9 Å². The number of alkyl halides is 3. The Morgan fingerprint density at radius 3 is 2.55 bits per heavy atom. The number of methoxy groups -OCH3 is 1. The zero-order valence-electron chi connectivity index (χ0n) is 22.7. The second-order valence-corrected chi connectivity index (χ2v) is 9.65. The first kappa shape index (κ1) is 28.9. The number of pyridine rings is 1. The molecule has 3 aromatic carbocycles. The quantitative estimate of drug-likeness (QED) is 0.201. The molecule has 2 heterocycles. The summed E-state index contributed by atoms with van der Waals surface area (Å²) in [6, 6.07) is 16.1. The van der Waals surface area contributed by atoms with E-state index in [4.69, 9.17) is 4.74 Å². The minimum absolute atomic E-state index is 0.0154. The number of nitrogens with one attached hydrogen (secondary N) is 1. The summed E-state index contributed by atoms with van der Waals surface area (Å²) >= 11 is 0. The highest BCUT2D eigenvalue weighted by atomic mass is 19.4. The highest BCUT2D eigenvalue weighted by molar-refractivity contribution is 6.07. The van der Waals surface area contributed by atoms with Crippen molar-refractivity contribution in [3.05, 3.63) is 89.9 Å². The van der Waals surface area contributed by atoms with Crippen molar-refractivity contribution in [1.82, 2.24) is 14.9 Å². The molecule has 2 aromatic heterocycles. The van der Waals surface area contributed by atoms with Crippen LogP contribution < -0.4 is 14.8 Å². The molecule has 42 heavy (non-hydrogen) atoms. The van der Waals surface area contributed by atoms with Crippen LogP contribution in [0.5, 0.6) is 11.5 Å². The van der Waals surface area contributed by atoms with Crippen molar-refractivity contribution in [3.8, 4) is 22.8 Å². The summed E-state index contributed by atoms with van der Waals surface area (Å²) in [5.41, 5.74) is 2.65. The van der Waals surface area contributed by atoms with Crippen LogP contribution >= 0.6 is 0 Å². The minimum Gasteiger partial charge on any atom is -0.494 e. The average Bonchev–Trinajstić information content (AvgIpc) is 3.32. The summed E-state index contributed by atoms with van der Waals surface area (Å²) in [5, 5.41) is 14.1. The molecule has 0 aliphatic rings. The van der Waals surface area contributed by atoms with Crippen LogP contribution in [0, 0.1) is 5.82 Å². The van der Waals surface area contributed by atoms with Gasteiger partial charge >= 0.3 is 6.36 Å². The number of amides is 1. The zero-order chi connectivity index (χ0) is 30.0. The molecule has 7 nitrogen and oxygen atoms in total. The SMILES string of the molecule is CCn1cc(C[C@H](CO)NC(=O)c2cc(-c3ccc(OC)c(F)c3)nc3ccc(OC(F)(F)F)cc23)c2ccccc21. The van der Waals surface area contributed by atoms with Crippen LogP contribution in [-0.4, -0.2) is 46.7 Å². The van der Waals surface area contributed by atoms with Gasteiger partial charge in [-0.25, -0.2) is 9.37 Å². The van der Waals surface area contributed by atoms with E-state index >= 15 is 0 Å². The maximum Gasteiger partial charge on any atom is 0.573 e. The standard InChI is InChI=1S/C31H27F4N3O4/c1-3-38-16-19(22-6-4-5-7-28(22)38)12-20(17-39)36-30(40)24-15-27(18-8-11-29(41-2)25(32)13-18)37-26-10-9-21(14-23(24)26)42-31(33,34)35/h4-11,13-16,20,39H,3,12,17H2,1-2H3,(H,36,40)/t20-/m1/s1. The number of carbonyl (C=O) groups is 1. The first-order valence-corrected chi connectivity index (χ1v) is 13.1. The molecule has 0 fully saturated rings. The summed E-state index contributed by atoms with van der Waals surface area (Å²) in [6.45, 7) is 2.36. The third-order valence-corrected chi connectivity index (χ3v) is 6.94. The van der Waals surface area contributed by atoms with Gasteiger partial charge in [0.25, 0.3) is 5.91 Å². The van der Waals surface area contributed by atoms with E-state index in [1.165, 1.54) is 31.4 Å².